The summed E-state index contributed by atoms with van der Waals surface area (Å²) >= 11 is 0. The van der Waals surface area contributed by atoms with Gasteiger partial charge in [-0.1, -0.05) is 18.2 Å². The maximum atomic E-state index is 11.6. The molecule has 1 fully saturated rings. The van der Waals surface area contributed by atoms with Crippen molar-refractivity contribution in [3.8, 4) is 0 Å². The molecule has 31 heavy (non-hydrogen) atoms. The van der Waals surface area contributed by atoms with Gasteiger partial charge in [0.05, 0.1) is 0 Å². The van der Waals surface area contributed by atoms with E-state index in [0.717, 1.165) is 58.1 Å². The molecule has 0 aliphatic carbocycles. The van der Waals surface area contributed by atoms with Gasteiger partial charge in [0, 0.05) is 58.5 Å². The number of amides is 1. The number of hydrogen-bond acceptors (Lipinski definition) is 5. The molecular formula is C23H40N6O2. The Morgan fingerprint density at radius 3 is 2.26 bits per heavy atom. The van der Waals surface area contributed by atoms with Crippen molar-refractivity contribution in [1.82, 2.24) is 20.9 Å². The Kier molecular flexibility index (Phi) is 10.4. The number of unbranched alkanes of at least 4 members (excludes halogenated alkanes) is 1. The number of anilines is 1. The van der Waals surface area contributed by atoms with Crippen LogP contribution in [0.1, 0.15) is 33.6 Å². The van der Waals surface area contributed by atoms with Crippen molar-refractivity contribution in [3.05, 3.63) is 30.3 Å². The second-order valence-electron chi connectivity index (χ2n) is 8.73. The van der Waals surface area contributed by atoms with Crippen LogP contribution in [0.15, 0.2) is 35.3 Å². The van der Waals surface area contributed by atoms with Gasteiger partial charge in [0.15, 0.2) is 5.96 Å². The quantitative estimate of drug-likeness (QED) is 0.316. The number of hydrogen-bond donors (Lipinski definition) is 3. The average Bonchev–Trinajstić information content (AvgIpc) is 2.75. The molecule has 8 nitrogen and oxygen atoms in total. The summed E-state index contributed by atoms with van der Waals surface area (Å²) in [4.78, 5) is 20.9. The van der Waals surface area contributed by atoms with Gasteiger partial charge in [0.1, 0.15) is 5.60 Å². The van der Waals surface area contributed by atoms with Crippen LogP contribution in [-0.4, -0.2) is 82.0 Å². The predicted octanol–water partition coefficient (Wildman–Crippen LogP) is 2.28. The summed E-state index contributed by atoms with van der Waals surface area (Å²) in [5.74, 6) is 0.752. The predicted molar refractivity (Wildman–Crippen MR) is 128 cm³/mol. The van der Waals surface area contributed by atoms with E-state index in [4.69, 9.17) is 4.74 Å². The third kappa shape index (κ3) is 10.4. The van der Waals surface area contributed by atoms with Gasteiger partial charge >= 0.3 is 6.09 Å². The van der Waals surface area contributed by atoms with Crippen molar-refractivity contribution in [1.29, 1.82) is 0 Å². The minimum absolute atomic E-state index is 0.401. The number of benzene rings is 1. The molecule has 1 amide bonds. The van der Waals surface area contributed by atoms with E-state index in [1.165, 1.54) is 5.69 Å². The summed E-state index contributed by atoms with van der Waals surface area (Å²) in [5, 5.41) is 9.26. The first-order chi connectivity index (χ1) is 14.9. The largest absolute Gasteiger partial charge is 0.444 e. The van der Waals surface area contributed by atoms with Crippen molar-refractivity contribution < 1.29 is 9.53 Å². The molecule has 0 saturated carbocycles. The van der Waals surface area contributed by atoms with Crippen LogP contribution in [0.25, 0.3) is 0 Å². The third-order valence-corrected chi connectivity index (χ3v) is 5.00. The highest BCUT2D eigenvalue weighted by Gasteiger charge is 2.17. The standard InChI is InChI=1S/C23H40N6O2/c1-23(2,3)31-22(30)27-14-13-26-21(24-4)25-12-8-9-15-28-16-18-29(19-17-28)20-10-6-5-7-11-20/h5-7,10-11H,8-9,12-19H2,1-4H3,(H,27,30)(H2,24,25,26). The molecule has 174 valence electrons. The summed E-state index contributed by atoms with van der Waals surface area (Å²) in [6.07, 6.45) is 1.85. The second kappa shape index (κ2) is 13.0. The molecule has 0 unspecified atom stereocenters. The van der Waals surface area contributed by atoms with Crippen molar-refractivity contribution in [2.24, 2.45) is 4.99 Å². The van der Waals surface area contributed by atoms with E-state index in [9.17, 15) is 4.79 Å². The molecule has 1 saturated heterocycles. The van der Waals surface area contributed by atoms with Gasteiger partial charge in [-0.05, 0) is 52.3 Å². The molecule has 3 N–H and O–H groups in total. The molecule has 1 aliphatic heterocycles. The van der Waals surface area contributed by atoms with E-state index >= 15 is 0 Å². The molecule has 1 heterocycles. The number of nitrogens with one attached hydrogen (secondary N) is 3. The zero-order chi connectivity index (χ0) is 22.5. The monoisotopic (exact) mass is 432 g/mol. The van der Waals surface area contributed by atoms with Crippen molar-refractivity contribution in [3.63, 3.8) is 0 Å². The first kappa shape index (κ1) is 24.8. The fraction of sp³-hybridized carbons (Fsp3) is 0.652. The number of carbonyl (C=O) groups excluding carboxylic acids is 1. The zero-order valence-electron chi connectivity index (χ0n) is 19.6. The number of para-hydroxylation sites is 1. The fourth-order valence-corrected chi connectivity index (χ4v) is 3.42. The lowest BCUT2D eigenvalue weighted by molar-refractivity contribution is 0.0529. The van der Waals surface area contributed by atoms with Crippen molar-refractivity contribution in [2.45, 2.75) is 39.2 Å². The van der Waals surface area contributed by atoms with Crippen LogP contribution in [0.2, 0.25) is 0 Å². The van der Waals surface area contributed by atoms with Gasteiger partial charge in [-0.3, -0.25) is 9.89 Å². The van der Waals surface area contributed by atoms with Crippen LogP contribution < -0.4 is 20.9 Å². The van der Waals surface area contributed by atoms with Gasteiger partial charge in [0.2, 0.25) is 0 Å². The Morgan fingerprint density at radius 2 is 1.61 bits per heavy atom. The summed E-state index contributed by atoms with van der Waals surface area (Å²) in [5.41, 5.74) is 0.844. The summed E-state index contributed by atoms with van der Waals surface area (Å²) in [6.45, 7) is 13.1. The molecule has 8 heteroatoms. The van der Waals surface area contributed by atoms with Gasteiger partial charge < -0.3 is 25.6 Å². The molecule has 1 aliphatic rings. The Labute approximate surface area is 187 Å². The molecule has 0 radical (unpaired) electrons. The zero-order valence-corrected chi connectivity index (χ0v) is 19.6. The summed E-state index contributed by atoms with van der Waals surface area (Å²) in [6, 6.07) is 10.7. The van der Waals surface area contributed by atoms with Gasteiger partial charge in [-0.15, -0.1) is 0 Å². The second-order valence-corrected chi connectivity index (χ2v) is 8.73. The molecule has 0 aromatic heterocycles. The van der Waals surface area contributed by atoms with E-state index in [-0.39, 0.29) is 0 Å². The molecule has 1 aromatic carbocycles. The Bertz CT molecular complexity index is 666. The van der Waals surface area contributed by atoms with Crippen LogP contribution >= 0.6 is 0 Å². The summed E-state index contributed by atoms with van der Waals surface area (Å²) in [7, 11) is 1.75. The number of guanidine groups is 1. The minimum Gasteiger partial charge on any atom is -0.444 e. The lowest BCUT2D eigenvalue weighted by Gasteiger charge is -2.36. The highest BCUT2D eigenvalue weighted by Crippen LogP contribution is 2.15. The highest BCUT2D eigenvalue weighted by atomic mass is 16.6. The van der Waals surface area contributed by atoms with Gasteiger partial charge in [-0.2, -0.15) is 0 Å². The number of aliphatic imine (C=N–C) groups is 1. The molecular weight excluding hydrogens is 392 g/mol. The minimum atomic E-state index is -0.482. The van der Waals surface area contributed by atoms with Crippen LogP contribution in [-0.2, 0) is 4.74 Å². The number of nitrogens with zero attached hydrogens (tertiary/aromatic N) is 3. The Balaban J connectivity index is 1.49. The number of piperazine rings is 1. The lowest BCUT2D eigenvalue weighted by Crippen LogP contribution is -2.46. The SMILES string of the molecule is CN=C(NCCCCN1CCN(c2ccccc2)CC1)NCCNC(=O)OC(C)(C)C. The highest BCUT2D eigenvalue weighted by molar-refractivity contribution is 5.79. The lowest BCUT2D eigenvalue weighted by atomic mass is 10.2. The average molecular weight is 433 g/mol. The van der Waals surface area contributed by atoms with Crippen LogP contribution in [0.5, 0.6) is 0 Å². The van der Waals surface area contributed by atoms with Gasteiger partial charge in [0.25, 0.3) is 0 Å². The normalized spacial score (nSPS) is 15.5. The maximum absolute atomic E-state index is 11.6. The van der Waals surface area contributed by atoms with Crippen LogP contribution in [0.4, 0.5) is 10.5 Å². The molecule has 0 spiro atoms. The van der Waals surface area contributed by atoms with E-state index in [0.29, 0.717) is 13.1 Å². The number of alkyl carbamates (subject to hydrolysis) is 1. The maximum Gasteiger partial charge on any atom is 0.407 e. The fourth-order valence-electron chi connectivity index (χ4n) is 3.42. The third-order valence-electron chi connectivity index (χ3n) is 5.00. The topological polar surface area (TPSA) is 81.2 Å². The number of carbonyl (C=O) groups is 1. The first-order valence-electron chi connectivity index (χ1n) is 11.3. The molecule has 0 atom stereocenters. The van der Waals surface area contributed by atoms with Crippen molar-refractivity contribution in [2.75, 3.05) is 64.3 Å². The Hall–Kier alpha value is -2.48. The smallest absolute Gasteiger partial charge is 0.407 e. The van der Waals surface area contributed by atoms with E-state index < -0.39 is 11.7 Å². The molecule has 2 rings (SSSR count). The van der Waals surface area contributed by atoms with Crippen LogP contribution in [0, 0.1) is 0 Å². The Morgan fingerprint density at radius 1 is 0.968 bits per heavy atom. The summed E-state index contributed by atoms with van der Waals surface area (Å²) < 4.78 is 5.21. The molecule has 1 aromatic rings. The van der Waals surface area contributed by atoms with E-state index in [2.05, 4.69) is 61.1 Å². The number of ether oxygens (including phenoxy) is 1. The van der Waals surface area contributed by atoms with Gasteiger partial charge in [-0.25, -0.2) is 4.79 Å². The van der Waals surface area contributed by atoms with Crippen molar-refractivity contribution >= 4 is 17.7 Å². The van der Waals surface area contributed by atoms with E-state index in [1.54, 1.807) is 7.05 Å². The van der Waals surface area contributed by atoms with Crippen LogP contribution in [0.3, 0.4) is 0 Å². The first-order valence-corrected chi connectivity index (χ1v) is 11.3. The molecule has 0 bridgehead atoms. The number of rotatable bonds is 9. The van der Waals surface area contributed by atoms with E-state index in [1.807, 2.05) is 20.8 Å².